The predicted octanol–water partition coefficient (Wildman–Crippen LogP) is 1.40. The molecule has 1 aliphatic heterocycles. The number of aryl methyl sites for hydroxylation is 2. The molecule has 6 nitrogen and oxygen atoms in total. The topological polar surface area (TPSA) is 54.3 Å². The van der Waals surface area contributed by atoms with Gasteiger partial charge in [0.2, 0.25) is 5.91 Å². The summed E-state index contributed by atoms with van der Waals surface area (Å²) >= 11 is 0. The number of pyridine rings is 1. The number of carbonyl (C=O) groups is 1. The summed E-state index contributed by atoms with van der Waals surface area (Å²) in [4.78, 5) is 20.8. The standard InChI is InChI=1S/C17H23N5O/c1-13-12-16(21(3)19-13)22-11-7-15(17(22)23)20(2)10-6-14-4-8-18-9-5-14/h4-5,8-9,12,15H,6-7,10-11H2,1-3H3/t15-/m0/s1. The minimum absolute atomic E-state index is 0.0490. The van der Waals surface area contributed by atoms with E-state index in [0.717, 1.165) is 37.4 Å². The Hall–Kier alpha value is -2.21. The number of nitrogens with zero attached hydrogens (tertiary/aromatic N) is 5. The molecule has 0 spiro atoms. The molecule has 1 fully saturated rings. The Morgan fingerprint density at radius 3 is 2.74 bits per heavy atom. The largest absolute Gasteiger partial charge is 0.296 e. The number of rotatable bonds is 5. The molecule has 2 aromatic heterocycles. The second-order valence-electron chi connectivity index (χ2n) is 6.15. The summed E-state index contributed by atoms with van der Waals surface area (Å²) in [5.41, 5.74) is 2.18. The van der Waals surface area contributed by atoms with Crippen molar-refractivity contribution in [1.29, 1.82) is 0 Å². The summed E-state index contributed by atoms with van der Waals surface area (Å²) in [6.07, 6.45) is 5.40. The number of anilines is 1. The first kappa shape index (κ1) is 15.7. The van der Waals surface area contributed by atoms with Crippen LogP contribution in [-0.2, 0) is 18.3 Å². The zero-order chi connectivity index (χ0) is 16.4. The summed E-state index contributed by atoms with van der Waals surface area (Å²) in [5.74, 6) is 1.06. The molecule has 0 saturated carbocycles. The van der Waals surface area contributed by atoms with E-state index in [0.29, 0.717) is 0 Å². The monoisotopic (exact) mass is 313 g/mol. The molecule has 1 atom stereocenters. The Morgan fingerprint density at radius 1 is 1.35 bits per heavy atom. The summed E-state index contributed by atoms with van der Waals surface area (Å²) < 4.78 is 1.78. The van der Waals surface area contributed by atoms with Crippen LogP contribution in [0.25, 0.3) is 0 Å². The molecular weight excluding hydrogens is 290 g/mol. The van der Waals surface area contributed by atoms with Crippen molar-refractivity contribution < 1.29 is 4.79 Å². The van der Waals surface area contributed by atoms with Crippen molar-refractivity contribution in [2.75, 3.05) is 25.0 Å². The predicted molar refractivity (Wildman–Crippen MR) is 89.3 cm³/mol. The number of amides is 1. The van der Waals surface area contributed by atoms with Gasteiger partial charge in [-0.1, -0.05) is 0 Å². The van der Waals surface area contributed by atoms with Gasteiger partial charge in [-0.3, -0.25) is 24.3 Å². The van der Waals surface area contributed by atoms with E-state index in [1.807, 2.05) is 56.5 Å². The first-order chi connectivity index (χ1) is 11.1. The van der Waals surface area contributed by atoms with Crippen molar-refractivity contribution in [3.63, 3.8) is 0 Å². The van der Waals surface area contributed by atoms with Gasteiger partial charge in [-0.05, 0) is 44.5 Å². The van der Waals surface area contributed by atoms with E-state index in [-0.39, 0.29) is 11.9 Å². The highest BCUT2D eigenvalue weighted by Gasteiger charge is 2.36. The molecule has 0 bridgehead atoms. The molecule has 0 unspecified atom stereocenters. The minimum Gasteiger partial charge on any atom is -0.296 e. The molecule has 1 amide bonds. The molecule has 3 heterocycles. The average molecular weight is 313 g/mol. The van der Waals surface area contributed by atoms with Crippen molar-refractivity contribution in [3.05, 3.63) is 41.9 Å². The highest BCUT2D eigenvalue weighted by atomic mass is 16.2. The molecule has 0 aliphatic carbocycles. The summed E-state index contributed by atoms with van der Waals surface area (Å²) in [5, 5.41) is 4.34. The molecule has 0 N–H and O–H groups in total. The van der Waals surface area contributed by atoms with Crippen molar-refractivity contribution >= 4 is 11.7 Å². The summed E-state index contributed by atoms with van der Waals surface area (Å²) in [7, 11) is 3.91. The SMILES string of the molecule is Cc1cc(N2CC[C@H](N(C)CCc3ccncc3)C2=O)n(C)n1. The highest BCUT2D eigenvalue weighted by Crippen LogP contribution is 2.24. The van der Waals surface area contributed by atoms with Gasteiger partial charge in [0.25, 0.3) is 0 Å². The fourth-order valence-electron chi connectivity index (χ4n) is 3.16. The van der Waals surface area contributed by atoms with E-state index >= 15 is 0 Å². The molecule has 0 radical (unpaired) electrons. The van der Waals surface area contributed by atoms with E-state index in [1.165, 1.54) is 5.56 Å². The fraction of sp³-hybridized carbons (Fsp3) is 0.471. The maximum Gasteiger partial charge on any atom is 0.245 e. The minimum atomic E-state index is -0.0490. The van der Waals surface area contributed by atoms with Gasteiger partial charge in [0.1, 0.15) is 5.82 Å². The Labute approximate surface area is 136 Å². The summed E-state index contributed by atoms with van der Waals surface area (Å²) in [6, 6.07) is 5.97. The Balaban J connectivity index is 1.63. The second-order valence-corrected chi connectivity index (χ2v) is 6.15. The van der Waals surface area contributed by atoms with Crippen molar-refractivity contribution in [2.24, 2.45) is 7.05 Å². The number of aromatic nitrogens is 3. The van der Waals surface area contributed by atoms with Gasteiger partial charge in [-0.2, -0.15) is 5.10 Å². The lowest BCUT2D eigenvalue weighted by Crippen LogP contribution is -2.41. The molecular formula is C17H23N5O. The van der Waals surface area contributed by atoms with Crippen molar-refractivity contribution in [1.82, 2.24) is 19.7 Å². The molecule has 23 heavy (non-hydrogen) atoms. The van der Waals surface area contributed by atoms with Crippen LogP contribution >= 0.6 is 0 Å². The molecule has 6 heteroatoms. The molecule has 0 aromatic carbocycles. The third-order valence-corrected chi connectivity index (χ3v) is 4.47. The Bertz CT molecular complexity index is 682. The Kier molecular flexibility index (Phi) is 4.43. The van der Waals surface area contributed by atoms with Crippen LogP contribution < -0.4 is 4.90 Å². The van der Waals surface area contributed by atoms with E-state index in [4.69, 9.17) is 0 Å². The van der Waals surface area contributed by atoms with Crippen LogP contribution in [0.2, 0.25) is 0 Å². The molecule has 3 rings (SSSR count). The van der Waals surface area contributed by atoms with Gasteiger partial charge in [0.05, 0.1) is 11.7 Å². The average Bonchev–Trinajstić information content (AvgIpc) is 3.08. The molecule has 2 aromatic rings. The smallest absolute Gasteiger partial charge is 0.245 e. The number of carbonyl (C=O) groups excluding carboxylic acids is 1. The normalized spacial score (nSPS) is 18.2. The lowest BCUT2D eigenvalue weighted by Gasteiger charge is -2.23. The van der Waals surface area contributed by atoms with Gasteiger partial charge in [0, 0.05) is 38.6 Å². The highest BCUT2D eigenvalue weighted by molar-refractivity contribution is 5.98. The van der Waals surface area contributed by atoms with Crippen LogP contribution in [0.15, 0.2) is 30.6 Å². The van der Waals surface area contributed by atoms with Crippen molar-refractivity contribution in [2.45, 2.75) is 25.8 Å². The van der Waals surface area contributed by atoms with E-state index in [1.54, 1.807) is 4.68 Å². The first-order valence-electron chi connectivity index (χ1n) is 7.97. The molecule has 122 valence electrons. The third kappa shape index (κ3) is 3.27. The lowest BCUT2D eigenvalue weighted by molar-refractivity contribution is -0.121. The van der Waals surface area contributed by atoms with Gasteiger partial charge >= 0.3 is 0 Å². The van der Waals surface area contributed by atoms with E-state index in [9.17, 15) is 4.79 Å². The maximum absolute atomic E-state index is 12.8. The maximum atomic E-state index is 12.8. The zero-order valence-electron chi connectivity index (χ0n) is 13.9. The number of hydrogen-bond donors (Lipinski definition) is 0. The summed E-state index contributed by atoms with van der Waals surface area (Å²) in [6.45, 7) is 3.56. The quantitative estimate of drug-likeness (QED) is 0.837. The van der Waals surface area contributed by atoms with Crippen LogP contribution in [0.3, 0.4) is 0 Å². The van der Waals surface area contributed by atoms with Gasteiger partial charge in [-0.15, -0.1) is 0 Å². The lowest BCUT2D eigenvalue weighted by atomic mass is 10.1. The van der Waals surface area contributed by atoms with Crippen molar-refractivity contribution in [3.8, 4) is 0 Å². The molecule has 1 saturated heterocycles. The van der Waals surface area contributed by atoms with Crippen LogP contribution in [0.1, 0.15) is 17.7 Å². The second kappa shape index (κ2) is 6.50. The van der Waals surface area contributed by atoms with Crippen LogP contribution in [-0.4, -0.2) is 51.8 Å². The third-order valence-electron chi connectivity index (χ3n) is 4.47. The Morgan fingerprint density at radius 2 is 2.09 bits per heavy atom. The van der Waals surface area contributed by atoms with Gasteiger partial charge < -0.3 is 0 Å². The van der Waals surface area contributed by atoms with E-state index in [2.05, 4.69) is 15.0 Å². The van der Waals surface area contributed by atoms with Crippen LogP contribution in [0, 0.1) is 6.92 Å². The van der Waals surface area contributed by atoms with Gasteiger partial charge in [0.15, 0.2) is 0 Å². The van der Waals surface area contributed by atoms with Gasteiger partial charge in [-0.25, -0.2) is 0 Å². The number of likely N-dealkylation sites (N-methyl/N-ethyl adjacent to an activating group) is 1. The first-order valence-corrected chi connectivity index (χ1v) is 7.97. The molecule has 1 aliphatic rings. The fourth-order valence-corrected chi connectivity index (χ4v) is 3.16. The van der Waals surface area contributed by atoms with E-state index < -0.39 is 0 Å². The zero-order valence-corrected chi connectivity index (χ0v) is 13.9. The van der Waals surface area contributed by atoms with Crippen LogP contribution in [0.4, 0.5) is 5.82 Å². The number of hydrogen-bond acceptors (Lipinski definition) is 4. The van der Waals surface area contributed by atoms with Crippen LogP contribution in [0.5, 0.6) is 0 Å².